The van der Waals surface area contributed by atoms with Crippen molar-refractivity contribution in [1.29, 1.82) is 0 Å². The zero-order chi connectivity index (χ0) is 31.6. The van der Waals surface area contributed by atoms with Crippen LogP contribution >= 0.6 is 0 Å². The highest BCUT2D eigenvalue weighted by molar-refractivity contribution is 5.88. The summed E-state index contributed by atoms with van der Waals surface area (Å²) >= 11 is 0. The van der Waals surface area contributed by atoms with Crippen molar-refractivity contribution < 1.29 is 19.2 Å². The Balaban J connectivity index is 0.000000147. The van der Waals surface area contributed by atoms with Gasteiger partial charge in [0.1, 0.15) is 0 Å². The van der Waals surface area contributed by atoms with E-state index in [4.69, 9.17) is 0 Å². The van der Waals surface area contributed by atoms with Gasteiger partial charge in [0.2, 0.25) is 23.6 Å². The molecule has 0 bridgehead atoms. The van der Waals surface area contributed by atoms with Gasteiger partial charge in [0.25, 0.3) is 0 Å². The highest BCUT2D eigenvalue weighted by Gasteiger charge is 2.41. The van der Waals surface area contributed by atoms with Crippen molar-refractivity contribution in [3.8, 4) is 0 Å². The lowest BCUT2D eigenvalue weighted by atomic mass is 9.87. The summed E-state index contributed by atoms with van der Waals surface area (Å²) in [5.74, 6) is 0.921. The molecule has 2 atom stereocenters. The van der Waals surface area contributed by atoms with E-state index in [0.717, 1.165) is 77.3 Å². The van der Waals surface area contributed by atoms with Crippen LogP contribution in [0.25, 0.3) is 0 Å². The summed E-state index contributed by atoms with van der Waals surface area (Å²) in [6, 6.07) is 16.8. The van der Waals surface area contributed by atoms with E-state index in [0.29, 0.717) is 13.1 Å². The van der Waals surface area contributed by atoms with Gasteiger partial charge >= 0.3 is 0 Å². The molecule has 4 heterocycles. The average Bonchev–Trinajstić information content (AvgIpc) is 3.11. The van der Waals surface area contributed by atoms with E-state index in [9.17, 15) is 19.2 Å². The third kappa shape index (κ3) is 6.19. The minimum absolute atomic E-state index is 0.0498. The molecule has 0 spiro atoms. The Bertz CT molecular complexity index is 1350. The molecular formula is C38H48N4O4. The second-order valence-electron chi connectivity index (χ2n) is 14.2. The molecule has 0 radical (unpaired) electrons. The summed E-state index contributed by atoms with van der Waals surface area (Å²) in [5, 5.41) is 0. The molecule has 6 aliphatic rings. The van der Waals surface area contributed by atoms with Crippen molar-refractivity contribution in [2.45, 2.75) is 89.1 Å². The van der Waals surface area contributed by atoms with Gasteiger partial charge in [0.05, 0.1) is 25.2 Å². The van der Waals surface area contributed by atoms with Gasteiger partial charge in [-0.05, 0) is 60.8 Å². The number of rotatable bonds is 2. The standard InChI is InChI=1S/2C19H24N2O2/c2*22-18-13-20(19(23)15-7-2-1-3-8-15)12-17-16-9-5-4-6-14(16)10-11-21(17)18/h2*4-6,9,15,17H,1-3,7-8,10-13H2. The Hall–Kier alpha value is -3.68. The molecule has 0 aromatic heterocycles. The molecule has 2 aromatic rings. The second-order valence-corrected chi connectivity index (χ2v) is 14.2. The molecule has 4 amide bonds. The van der Waals surface area contributed by atoms with Crippen LogP contribution in [0.3, 0.4) is 0 Å². The van der Waals surface area contributed by atoms with Crippen molar-refractivity contribution in [3.63, 3.8) is 0 Å². The number of piperazine rings is 2. The van der Waals surface area contributed by atoms with Crippen molar-refractivity contribution in [1.82, 2.24) is 19.6 Å². The number of hydrogen-bond donors (Lipinski definition) is 0. The van der Waals surface area contributed by atoms with Crippen LogP contribution in [-0.4, -0.2) is 82.5 Å². The number of hydrogen-bond acceptors (Lipinski definition) is 4. The first-order valence-corrected chi connectivity index (χ1v) is 17.8. The fourth-order valence-corrected chi connectivity index (χ4v) is 8.90. The molecule has 2 saturated carbocycles. The van der Waals surface area contributed by atoms with Crippen molar-refractivity contribution in [2.24, 2.45) is 11.8 Å². The van der Waals surface area contributed by atoms with Gasteiger partial charge < -0.3 is 19.6 Å². The number of nitrogens with zero attached hydrogens (tertiary/aromatic N) is 4. The lowest BCUT2D eigenvalue weighted by Gasteiger charge is -2.45. The van der Waals surface area contributed by atoms with Crippen LogP contribution in [0.1, 0.15) is 98.5 Å². The molecule has 244 valence electrons. The number of amides is 4. The smallest absolute Gasteiger partial charge is 0.242 e. The van der Waals surface area contributed by atoms with Gasteiger partial charge in [-0.2, -0.15) is 0 Å². The molecule has 8 rings (SSSR count). The van der Waals surface area contributed by atoms with Gasteiger partial charge in [-0.1, -0.05) is 87.1 Å². The molecule has 0 N–H and O–H groups in total. The maximum absolute atomic E-state index is 12.8. The van der Waals surface area contributed by atoms with E-state index < -0.39 is 0 Å². The molecule has 4 aliphatic heterocycles. The number of carbonyl (C=O) groups excluding carboxylic acids is 4. The molecule has 2 unspecified atom stereocenters. The first-order chi connectivity index (χ1) is 22.5. The highest BCUT2D eigenvalue weighted by atomic mass is 16.2. The van der Waals surface area contributed by atoms with E-state index in [1.54, 1.807) is 0 Å². The topological polar surface area (TPSA) is 81.2 Å². The molecule has 2 saturated heterocycles. The largest absolute Gasteiger partial charge is 0.332 e. The van der Waals surface area contributed by atoms with E-state index in [2.05, 4.69) is 36.4 Å². The SMILES string of the molecule is O=C(C1CCCCC1)N1CC(=O)N2CCc3ccccc3C2C1.O=C(C1CCCCC1)N1CC(=O)N2CCc3ccccc3C2C1. The molecule has 2 aromatic carbocycles. The second kappa shape index (κ2) is 13.6. The zero-order valence-electron chi connectivity index (χ0n) is 27.1. The minimum atomic E-state index is 0.0498. The fraction of sp³-hybridized carbons (Fsp3) is 0.579. The van der Waals surface area contributed by atoms with Crippen LogP contribution in [0.5, 0.6) is 0 Å². The summed E-state index contributed by atoms with van der Waals surface area (Å²) in [6.45, 7) is 3.44. The lowest BCUT2D eigenvalue weighted by Crippen LogP contribution is -2.56. The van der Waals surface area contributed by atoms with Gasteiger partial charge in [-0.15, -0.1) is 0 Å². The quantitative estimate of drug-likeness (QED) is 0.468. The molecule has 8 heteroatoms. The highest BCUT2D eigenvalue weighted by Crippen LogP contribution is 2.36. The van der Waals surface area contributed by atoms with Crippen LogP contribution in [-0.2, 0) is 32.0 Å². The van der Waals surface area contributed by atoms with Crippen LogP contribution in [0.2, 0.25) is 0 Å². The Kier molecular flexibility index (Phi) is 9.14. The van der Waals surface area contributed by atoms with Crippen molar-refractivity contribution in [3.05, 3.63) is 70.8 Å². The van der Waals surface area contributed by atoms with E-state index >= 15 is 0 Å². The number of benzene rings is 2. The number of fused-ring (bicyclic) bond motifs is 6. The van der Waals surface area contributed by atoms with Crippen molar-refractivity contribution in [2.75, 3.05) is 39.3 Å². The third-order valence-corrected chi connectivity index (χ3v) is 11.4. The van der Waals surface area contributed by atoms with E-state index in [1.165, 1.54) is 35.1 Å². The minimum Gasteiger partial charge on any atom is -0.332 e. The van der Waals surface area contributed by atoms with E-state index in [-0.39, 0.29) is 60.6 Å². The zero-order valence-corrected chi connectivity index (χ0v) is 27.1. The Morgan fingerprint density at radius 2 is 0.935 bits per heavy atom. The van der Waals surface area contributed by atoms with Crippen LogP contribution < -0.4 is 0 Å². The molecule has 8 nitrogen and oxygen atoms in total. The molecule has 46 heavy (non-hydrogen) atoms. The Labute approximate surface area is 273 Å². The lowest BCUT2D eigenvalue weighted by molar-refractivity contribution is -0.152. The Morgan fingerprint density at radius 3 is 1.35 bits per heavy atom. The van der Waals surface area contributed by atoms with Crippen LogP contribution in [0, 0.1) is 11.8 Å². The van der Waals surface area contributed by atoms with Gasteiger partial charge in [0, 0.05) is 38.0 Å². The summed E-state index contributed by atoms with van der Waals surface area (Å²) in [5.41, 5.74) is 5.11. The monoisotopic (exact) mass is 624 g/mol. The average molecular weight is 625 g/mol. The van der Waals surface area contributed by atoms with Gasteiger partial charge in [0.15, 0.2) is 0 Å². The molecular weight excluding hydrogens is 576 g/mol. The molecule has 2 aliphatic carbocycles. The van der Waals surface area contributed by atoms with Gasteiger partial charge in [-0.25, -0.2) is 0 Å². The summed E-state index contributed by atoms with van der Waals surface area (Å²) in [6.07, 6.45) is 12.9. The maximum Gasteiger partial charge on any atom is 0.242 e. The normalized spacial score (nSPS) is 25.0. The predicted octanol–water partition coefficient (Wildman–Crippen LogP) is 5.07. The van der Waals surface area contributed by atoms with E-state index in [1.807, 2.05) is 31.7 Å². The summed E-state index contributed by atoms with van der Waals surface area (Å²) < 4.78 is 0. The first kappa shape index (κ1) is 30.9. The molecule has 4 fully saturated rings. The van der Waals surface area contributed by atoms with Crippen LogP contribution in [0.4, 0.5) is 0 Å². The van der Waals surface area contributed by atoms with Crippen molar-refractivity contribution >= 4 is 23.6 Å². The maximum atomic E-state index is 12.8. The predicted molar refractivity (Wildman–Crippen MR) is 176 cm³/mol. The third-order valence-electron chi connectivity index (χ3n) is 11.4. The van der Waals surface area contributed by atoms with Crippen LogP contribution in [0.15, 0.2) is 48.5 Å². The van der Waals surface area contributed by atoms with Gasteiger partial charge in [-0.3, -0.25) is 19.2 Å². The fourth-order valence-electron chi connectivity index (χ4n) is 8.90. The number of carbonyl (C=O) groups is 4. The summed E-state index contributed by atoms with van der Waals surface area (Å²) in [4.78, 5) is 58.4. The summed E-state index contributed by atoms with van der Waals surface area (Å²) in [7, 11) is 0. The first-order valence-electron chi connectivity index (χ1n) is 17.8. The Morgan fingerprint density at radius 1 is 0.543 bits per heavy atom.